The van der Waals surface area contributed by atoms with Gasteiger partial charge in [-0.2, -0.15) is 0 Å². The summed E-state index contributed by atoms with van der Waals surface area (Å²) in [5.41, 5.74) is 6.47. The average Bonchev–Trinajstić information content (AvgIpc) is 2.63. The standard InChI is InChI=1S/C19H20N4/c1-3-9-15(10-4-1)18-16-11-5-6-12-17(16)20-19(21-18)22-23-13-7-2-8-14-23/h1,3-6,9-12H,2,7-8,13-14H2,(H,20,21,22). The van der Waals surface area contributed by atoms with Gasteiger partial charge in [-0.1, -0.05) is 55.0 Å². The van der Waals surface area contributed by atoms with Gasteiger partial charge in [0.15, 0.2) is 0 Å². The fourth-order valence-electron chi connectivity index (χ4n) is 3.09. The van der Waals surface area contributed by atoms with E-state index >= 15 is 0 Å². The maximum absolute atomic E-state index is 4.80. The number of aromatic nitrogens is 2. The predicted molar refractivity (Wildman–Crippen MR) is 94.0 cm³/mol. The van der Waals surface area contributed by atoms with Crippen molar-refractivity contribution in [2.24, 2.45) is 0 Å². The van der Waals surface area contributed by atoms with E-state index in [0.29, 0.717) is 5.95 Å². The lowest BCUT2D eigenvalue weighted by molar-refractivity contribution is 0.271. The minimum Gasteiger partial charge on any atom is -0.287 e. The molecule has 0 unspecified atom stereocenters. The highest BCUT2D eigenvalue weighted by molar-refractivity contribution is 5.93. The molecule has 0 bridgehead atoms. The molecule has 0 saturated carbocycles. The molecule has 0 spiro atoms. The Labute approximate surface area is 136 Å². The largest absolute Gasteiger partial charge is 0.287 e. The van der Waals surface area contributed by atoms with Gasteiger partial charge in [-0.3, -0.25) is 5.43 Å². The predicted octanol–water partition coefficient (Wildman–Crippen LogP) is 4.11. The van der Waals surface area contributed by atoms with Crippen LogP contribution in [-0.2, 0) is 0 Å². The van der Waals surface area contributed by atoms with Crippen molar-refractivity contribution >= 4 is 16.9 Å². The molecule has 2 heterocycles. The van der Waals surface area contributed by atoms with Gasteiger partial charge in [0.1, 0.15) is 0 Å². The van der Waals surface area contributed by atoms with Crippen molar-refractivity contribution < 1.29 is 0 Å². The molecule has 0 atom stereocenters. The maximum atomic E-state index is 4.80. The first kappa shape index (κ1) is 14.2. The van der Waals surface area contributed by atoms with Crippen molar-refractivity contribution in [3.8, 4) is 11.3 Å². The zero-order valence-corrected chi connectivity index (χ0v) is 13.1. The molecular formula is C19H20N4. The van der Waals surface area contributed by atoms with Gasteiger partial charge in [-0.25, -0.2) is 15.0 Å². The molecule has 1 aliphatic heterocycles. The fraction of sp³-hybridized carbons (Fsp3) is 0.263. The van der Waals surface area contributed by atoms with Crippen molar-refractivity contribution in [3.05, 3.63) is 54.6 Å². The molecule has 0 amide bonds. The van der Waals surface area contributed by atoms with E-state index in [1.807, 2.05) is 36.4 Å². The van der Waals surface area contributed by atoms with Gasteiger partial charge in [0.25, 0.3) is 0 Å². The van der Waals surface area contributed by atoms with Crippen LogP contribution in [0.4, 0.5) is 5.95 Å². The van der Waals surface area contributed by atoms with Crippen molar-refractivity contribution in [3.63, 3.8) is 0 Å². The lowest BCUT2D eigenvalue weighted by atomic mass is 10.1. The smallest absolute Gasteiger partial charge is 0.238 e. The summed E-state index contributed by atoms with van der Waals surface area (Å²) >= 11 is 0. The molecule has 2 aromatic carbocycles. The van der Waals surface area contributed by atoms with E-state index < -0.39 is 0 Å². The highest BCUT2D eigenvalue weighted by Gasteiger charge is 2.13. The third kappa shape index (κ3) is 3.03. The molecule has 1 saturated heterocycles. The lowest BCUT2D eigenvalue weighted by Gasteiger charge is -2.27. The number of hydrazine groups is 1. The zero-order valence-electron chi connectivity index (χ0n) is 13.1. The van der Waals surface area contributed by atoms with Gasteiger partial charge >= 0.3 is 0 Å². The van der Waals surface area contributed by atoms with Crippen molar-refractivity contribution in [1.82, 2.24) is 15.0 Å². The minimum absolute atomic E-state index is 0.685. The quantitative estimate of drug-likeness (QED) is 0.790. The molecule has 1 aromatic heterocycles. The molecule has 1 N–H and O–H groups in total. The number of nitrogens with zero attached hydrogens (tertiary/aromatic N) is 3. The monoisotopic (exact) mass is 304 g/mol. The van der Waals surface area contributed by atoms with E-state index in [-0.39, 0.29) is 0 Å². The van der Waals surface area contributed by atoms with Crippen LogP contribution in [0.25, 0.3) is 22.2 Å². The SMILES string of the molecule is c1ccc(-c2nc(NN3CCCCC3)nc3ccccc23)cc1. The maximum Gasteiger partial charge on any atom is 0.238 e. The molecule has 23 heavy (non-hydrogen) atoms. The second-order valence-electron chi connectivity index (χ2n) is 5.94. The normalized spacial score (nSPS) is 15.7. The van der Waals surface area contributed by atoms with E-state index in [1.54, 1.807) is 0 Å². The summed E-state index contributed by atoms with van der Waals surface area (Å²) < 4.78 is 0. The number of fused-ring (bicyclic) bond motifs is 1. The Morgan fingerprint density at radius 1 is 0.783 bits per heavy atom. The van der Waals surface area contributed by atoms with Gasteiger partial charge in [-0.05, 0) is 18.9 Å². The Morgan fingerprint density at radius 3 is 2.35 bits per heavy atom. The van der Waals surface area contributed by atoms with Crippen LogP contribution in [0.3, 0.4) is 0 Å². The van der Waals surface area contributed by atoms with Gasteiger partial charge in [0, 0.05) is 24.0 Å². The summed E-state index contributed by atoms with van der Waals surface area (Å²) in [4.78, 5) is 9.49. The summed E-state index contributed by atoms with van der Waals surface area (Å²) in [7, 11) is 0. The van der Waals surface area contributed by atoms with E-state index in [4.69, 9.17) is 9.97 Å². The van der Waals surface area contributed by atoms with Crippen LogP contribution in [0.1, 0.15) is 19.3 Å². The van der Waals surface area contributed by atoms with Gasteiger partial charge < -0.3 is 0 Å². The number of benzene rings is 2. The third-order valence-corrected chi connectivity index (χ3v) is 4.26. The Morgan fingerprint density at radius 2 is 1.52 bits per heavy atom. The molecule has 1 fully saturated rings. The summed E-state index contributed by atoms with van der Waals surface area (Å²) in [5.74, 6) is 0.685. The van der Waals surface area contributed by atoms with Gasteiger partial charge in [0.05, 0.1) is 11.2 Å². The summed E-state index contributed by atoms with van der Waals surface area (Å²) in [6, 6.07) is 18.5. The number of rotatable bonds is 3. The van der Waals surface area contributed by atoms with E-state index in [0.717, 1.165) is 35.2 Å². The van der Waals surface area contributed by atoms with Crippen molar-refractivity contribution in [2.75, 3.05) is 18.5 Å². The molecule has 0 radical (unpaired) electrons. The number of nitrogens with one attached hydrogen (secondary N) is 1. The van der Waals surface area contributed by atoms with Crippen LogP contribution in [0.15, 0.2) is 54.6 Å². The molecule has 4 heteroatoms. The van der Waals surface area contributed by atoms with Gasteiger partial charge in [0.2, 0.25) is 5.95 Å². The first-order valence-electron chi connectivity index (χ1n) is 8.24. The number of anilines is 1. The zero-order chi connectivity index (χ0) is 15.5. The number of para-hydroxylation sites is 1. The summed E-state index contributed by atoms with van der Waals surface area (Å²) in [6.45, 7) is 2.10. The first-order valence-corrected chi connectivity index (χ1v) is 8.24. The fourth-order valence-corrected chi connectivity index (χ4v) is 3.09. The van der Waals surface area contributed by atoms with E-state index in [9.17, 15) is 0 Å². The van der Waals surface area contributed by atoms with Crippen LogP contribution >= 0.6 is 0 Å². The Kier molecular flexibility index (Phi) is 3.90. The molecule has 4 nitrogen and oxygen atoms in total. The number of hydrogen-bond acceptors (Lipinski definition) is 4. The Balaban J connectivity index is 1.77. The van der Waals surface area contributed by atoms with E-state index in [1.165, 1.54) is 19.3 Å². The average molecular weight is 304 g/mol. The highest BCUT2D eigenvalue weighted by atomic mass is 15.5. The van der Waals surface area contributed by atoms with Crippen LogP contribution < -0.4 is 5.43 Å². The van der Waals surface area contributed by atoms with Crippen molar-refractivity contribution in [1.29, 1.82) is 0 Å². The number of piperidine rings is 1. The molecule has 116 valence electrons. The summed E-state index contributed by atoms with van der Waals surface area (Å²) in [6.07, 6.45) is 3.77. The third-order valence-electron chi connectivity index (χ3n) is 4.26. The minimum atomic E-state index is 0.685. The molecule has 4 rings (SSSR count). The molecule has 0 aliphatic carbocycles. The van der Waals surface area contributed by atoms with E-state index in [2.05, 4.69) is 28.6 Å². The second kappa shape index (κ2) is 6.34. The van der Waals surface area contributed by atoms with Crippen LogP contribution in [0.5, 0.6) is 0 Å². The molecule has 3 aromatic rings. The van der Waals surface area contributed by atoms with Crippen molar-refractivity contribution in [2.45, 2.75) is 19.3 Å². The topological polar surface area (TPSA) is 41.1 Å². The Hall–Kier alpha value is -2.46. The number of hydrogen-bond donors (Lipinski definition) is 1. The molecule has 1 aliphatic rings. The van der Waals surface area contributed by atoms with Crippen LogP contribution in [0.2, 0.25) is 0 Å². The summed E-state index contributed by atoms with van der Waals surface area (Å²) in [5, 5.41) is 3.31. The lowest BCUT2D eigenvalue weighted by Crippen LogP contribution is -2.35. The highest BCUT2D eigenvalue weighted by Crippen LogP contribution is 2.27. The van der Waals surface area contributed by atoms with Crippen LogP contribution in [0, 0.1) is 0 Å². The second-order valence-corrected chi connectivity index (χ2v) is 5.94. The Bertz CT molecular complexity index is 795. The first-order chi connectivity index (χ1) is 11.4. The van der Waals surface area contributed by atoms with Gasteiger partial charge in [-0.15, -0.1) is 0 Å². The van der Waals surface area contributed by atoms with Crippen LogP contribution in [-0.4, -0.2) is 28.1 Å². The molecular weight excluding hydrogens is 284 g/mol.